The molecular formula is C15H22ClN3OSi. The van der Waals surface area contributed by atoms with Gasteiger partial charge >= 0.3 is 0 Å². The van der Waals surface area contributed by atoms with Gasteiger partial charge in [-0.3, -0.25) is 0 Å². The lowest BCUT2D eigenvalue weighted by molar-refractivity contribution is 0.0885. The van der Waals surface area contributed by atoms with Gasteiger partial charge in [-0.2, -0.15) is 0 Å². The first-order valence-electron chi connectivity index (χ1n) is 7.10. The second-order valence-electron chi connectivity index (χ2n) is 6.33. The minimum Gasteiger partial charge on any atom is -0.361 e. The van der Waals surface area contributed by atoms with Crippen molar-refractivity contribution < 1.29 is 4.74 Å². The maximum Gasteiger partial charge on any atom is 0.133 e. The van der Waals surface area contributed by atoms with E-state index in [-0.39, 0.29) is 0 Å². The Morgan fingerprint density at radius 2 is 2.05 bits per heavy atom. The first-order valence-corrected chi connectivity index (χ1v) is 11.2. The predicted octanol–water partition coefficient (Wildman–Crippen LogP) is 4.22. The molecule has 0 aromatic carbocycles. The average molecular weight is 324 g/mol. The van der Waals surface area contributed by atoms with Crippen molar-refractivity contribution in [1.82, 2.24) is 14.5 Å². The van der Waals surface area contributed by atoms with E-state index < -0.39 is 8.07 Å². The zero-order valence-corrected chi connectivity index (χ0v) is 14.8. The number of hydrogen-bond donors (Lipinski definition) is 0. The van der Waals surface area contributed by atoms with E-state index in [0.29, 0.717) is 17.7 Å². The molecule has 4 nitrogen and oxygen atoms in total. The van der Waals surface area contributed by atoms with Gasteiger partial charge in [0.15, 0.2) is 0 Å². The molecule has 0 spiro atoms. The molecule has 0 saturated heterocycles. The molecule has 2 aromatic rings. The standard InChI is InChI=1S/C15H22ClN3OSi/c1-12-17-13(10-15(16)18-12)14-6-5-7-19(14)11-20-8-9-21(2,3)4/h5-7,10H,8-9,11H2,1-4H3. The fourth-order valence-corrected chi connectivity index (χ4v) is 2.95. The van der Waals surface area contributed by atoms with Gasteiger partial charge in [0.1, 0.15) is 17.7 Å². The molecule has 2 rings (SSSR count). The summed E-state index contributed by atoms with van der Waals surface area (Å²) in [6.07, 6.45) is 2.00. The van der Waals surface area contributed by atoms with E-state index in [9.17, 15) is 0 Å². The third-order valence-electron chi connectivity index (χ3n) is 3.13. The molecule has 0 aliphatic carbocycles. The van der Waals surface area contributed by atoms with E-state index in [2.05, 4.69) is 29.6 Å². The molecule has 0 unspecified atom stereocenters. The Morgan fingerprint density at radius 1 is 1.29 bits per heavy atom. The summed E-state index contributed by atoms with van der Waals surface area (Å²) < 4.78 is 7.84. The molecule has 0 fully saturated rings. The fraction of sp³-hybridized carbons (Fsp3) is 0.467. The second kappa shape index (κ2) is 6.73. The van der Waals surface area contributed by atoms with Crippen molar-refractivity contribution in [3.63, 3.8) is 0 Å². The fourth-order valence-electron chi connectivity index (χ4n) is 1.96. The molecule has 2 aromatic heterocycles. The minimum atomic E-state index is -1.04. The van der Waals surface area contributed by atoms with Crippen LogP contribution in [0.1, 0.15) is 5.82 Å². The number of aromatic nitrogens is 3. The molecule has 0 saturated carbocycles. The number of nitrogens with zero attached hydrogens (tertiary/aromatic N) is 3. The average Bonchev–Trinajstić information content (AvgIpc) is 2.80. The van der Waals surface area contributed by atoms with E-state index in [1.807, 2.05) is 29.8 Å². The quantitative estimate of drug-likeness (QED) is 0.454. The highest BCUT2D eigenvalue weighted by atomic mass is 35.5. The highest BCUT2D eigenvalue weighted by Crippen LogP contribution is 2.21. The topological polar surface area (TPSA) is 39.9 Å². The van der Waals surface area contributed by atoms with Crippen LogP contribution in [0.5, 0.6) is 0 Å². The van der Waals surface area contributed by atoms with Gasteiger partial charge in [0.25, 0.3) is 0 Å². The summed E-state index contributed by atoms with van der Waals surface area (Å²) in [6, 6.07) is 6.95. The highest BCUT2D eigenvalue weighted by Gasteiger charge is 2.12. The van der Waals surface area contributed by atoms with Crippen molar-refractivity contribution in [2.45, 2.75) is 39.3 Å². The number of rotatable bonds is 6. The van der Waals surface area contributed by atoms with E-state index in [1.54, 1.807) is 6.07 Å². The molecule has 114 valence electrons. The van der Waals surface area contributed by atoms with Gasteiger partial charge in [-0.15, -0.1) is 0 Å². The van der Waals surface area contributed by atoms with E-state index in [1.165, 1.54) is 6.04 Å². The molecule has 0 N–H and O–H groups in total. The molecular weight excluding hydrogens is 302 g/mol. The van der Waals surface area contributed by atoms with Crippen molar-refractivity contribution in [1.29, 1.82) is 0 Å². The van der Waals surface area contributed by atoms with Crippen molar-refractivity contribution in [2.75, 3.05) is 6.61 Å². The monoisotopic (exact) mass is 323 g/mol. The van der Waals surface area contributed by atoms with Crippen LogP contribution in [0.4, 0.5) is 0 Å². The third kappa shape index (κ3) is 4.95. The largest absolute Gasteiger partial charge is 0.361 e. The molecule has 0 radical (unpaired) electrons. The summed E-state index contributed by atoms with van der Waals surface area (Å²) in [7, 11) is -1.04. The summed E-state index contributed by atoms with van der Waals surface area (Å²) in [5.74, 6) is 0.671. The lowest BCUT2D eigenvalue weighted by atomic mass is 10.3. The van der Waals surface area contributed by atoms with Crippen LogP contribution < -0.4 is 0 Å². The molecule has 0 aliphatic heterocycles. The number of aryl methyl sites for hydroxylation is 1. The van der Waals surface area contributed by atoms with Crippen LogP contribution in [-0.2, 0) is 11.5 Å². The summed E-state index contributed by atoms with van der Waals surface area (Å²) in [4.78, 5) is 8.53. The summed E-state index contributed by atoms with van der Waals surface area (Å²) in [5.41, 5.74) is 1.82. The number of halogens is 1. The van der Waals surface area contributed by atoms with Crippen LogP contribution in [0.25, 0.3) is 11.4 Å². The Balaban J connectivity index is 2.05. The van der Waals surface area contributed by atoms with Gasteiger partial charge in [-0.1, -0.05) is 31.2 Å². The van der Waals surface area contributed by atoms with Gasteiger partial charge in [-0.25, -0.2) is 9.97 Å². The van der Waals surface area contributed by atoms with Crippen LogP contribution in [0.15, 0.2) is 24.4 Å². The van der Waals surface area contributed by atoms with E-state index >= 15 is 0 Å². The lowest BCUT2D eigenvalue weighted by Gasteiger charge is -2.16. The number of ether oxygens (including phenoxy) is 1. The van der Waals surface area contributed by atoms with Crippen LogP contribution in [0, 0.1) is 6.92 Å². The van der Waals surface area contributed by atoms with Gasteiger partial charge in [0.05, 0.1) is 11.4 Å². The van der Waals surface area contributed by atoms with Crippen molar-refractivity contribution in [3.05, 3.63) is 35.4 Å². The normalized spacial score (nSPS) is 11.9. The summed E-state index contributed by atoms with van der Waals surface area (Å²) in [6.45, 7) is 10.2. The van der Waals surface area contributed by atoms with Gasteiger partial charge < -0.3 is 9.30 Å². The summed E-state index contributed by atoms with van der Waals surface area (Å²) in [5, 5.41) is 0.463. The molecule has 6 heteroatoms. The van der Waals surface area contributed by atoms with Gasteiger partial charge in [0, 0.05) is 26.9 Å². The molecule has 0 aliphatic rings. The Morgan fingerprint density at radius 3 is 2.71 bits per heavy atom. The highest BCUT2D eigenvalue weighted by molar-refractivity contribution is 6.76. The minimum absolute atomic E-state index is 0.463. The lowest BCUT2D eigenvalue weighted by Crippen LogP contribution is -2.22. The Hall–Kier alpha value is -1.17. The molecule has 0 bridgehead atoms. The SMILES string of the molecule is Cc1nc(Cl)cc(-c2cccn2COCC[Si](C)(C)C)n1. The number of hydrogen-bond acceptors (Lipinski definition) is 3. The molecule has 21 heavy (non-hydrogen) atoms. The van der Waals surface area contributed by atoms with Crippen molar-refractivity contribution in [2.24, 2.45) is 0 Å². The first-order chi connectivity index (χ1) is 9.85. The maximum absolute atomic E-state index is 6.01. The Bertz CT molecular complexity index is 587. The Labute approximate surface area is 132 Å². The van der Waals surface area contributed by atoms with Crippen molar-refractivity contribution in [3.8, 4) is 11.4 Å². The molecule has 0 atom stereocenters. The Kier molecular flexibility index (Phi) is 5.19. The molecule has 2 heterocycles. The van der Waals surface area contributed by atoms with Crippen LogP contribution >= 0.6 is 11.6 Å². The zero-order chi connectivity index (χ0) is 15.5. The van der Waals surface area contributed by atoms with Crippen LogP contribution in [0.3, 0.4) is 0 Å². The molecule has 0 amide bonds. The third-order valence-corrected chi connectivity index (χ3v) is 5.02. The van der Waals surface area contributed by atoms with E-state index in [0.717, 1.165) is 18.0 Å². The van der Waals surface area contributed by atoms with Gasteiger partial charge in [0.2, 0.25) is 0 Å². The van der Waals surface area contributed by atoms with Crippen molar-refractivity contribution >= 4 is 19.7 Å². The maximum atomic E-state index is 6.01. The van der Waals surface area contributed by atoms with E-state index in [4.69, 9.17) is 16.3 Å². The smallest absolute Gasteiger partial charge is 0.133 e. The van der Waals surface area contributed by atoms with Gasteiger partial charge in [-0.05, 0) is 25.1 Å². The second-order valence-corrected chi connectivity index (χ2v) is 12.3. The summed E-state index contributed by atoms with van der Waals surface area (Å²) >= 11 is 6.01. The van der Waals surface area contributed by atoms with Crippen LogP contribution in [0.2, 0.25) is 30.8 Å². The first kappa shape index (κ1) is 16.2. The zero-order valence-electron chi connectivity index (χ0n) is 13.1. The van der Waals surface area contributed by atoms with Crippen LogP contribution in [-0.4, -0.2) is 29.2 Å². The predicted molar refractivity (Wildman–Crippen MR) is 89.3 cm³/mol.